The summed E-state index contributed by atoms with van der Waals surface area (Å²) in [5, 5.41) is 10.8. The number of carbonyl (C=O) groups excluding carboxylic acids is 1. The number of nitrogens with zero attached hydrogens (tertiary/aromatic N) is 1. The van der Waals surface area contributed by atoms with Crippen LogP contribution in [0.4, 0.5) is 0 Å². The molecule has 4 heteroatoms. The number of hydrogen-bond donors (Lipinski definition) is 1. The zero-order valence-electron chi connectivity index (χ0n) is 17.0. The molecule has 0 spiro atoms. The van der Waals surface area contributed by atoms with E-state index in [0.717, 1.165) is 22.4 Å². The molecule has 4 nitrogen and oxygen atoms in total. The first-order valence-corrected chi connectivity index (χ1v) is 9.37. The lowest BCUT2D eigenvalue weighted by atomic mass is 9.64. The van der Waals surface area contributed by atoms with Gasteiger partial charge in [-0.3, -0.25) is 4.79 Å². The van der Waals surface area contributed by atoms with E-state index < -0.39 is 5.60 Å². The Balaban J connectivity index is 2.09. The Morgan fingerprint density at radius 3 is 2.46 bits per heavy atom. The molecule has 26 heavy (non-hydrogen) atoms. The van der Waals surface area contributed by atoms with E-state index in [1.165, 1.54) is 0 Å². The van der Waals surface area contributed by atoms with Gasteiger partial charge >= 0.3 is 0 Å². The summed E-state index contributed by atoms with van der Waals surface area (Å²) in [5.41, 5.74) is 2.22. The summed E-state index contributed by atoms with van der Waals surface area (Å²) in [5.74, 6) is 1.31. The number of rotatable bonds is 1. The average molecular weight is 357 g/mol. The summed E-state index contributed by atoms with van der Waals surface area (Å²) in [6, 6.07) is 3.88. The van der Waals surface area contributed by atoms with Gasteiger partial charge in [0.05, 0.1) is 0 Å². The molecule has 0 radical (unpaired) electrons. The van der Waals surface area contributed by atoms with Crippen molar-refractivity contribution in [2.75, 3.05) is 14.1 Å². The van der Waals surface area contributed by atoms with Gasteiger partial charge in [-0.05, 0) is 43.4 Å². The SMILES string of the molecule is CN(C)/C=C1/CC2C(CC1=O)c1c(O)cc(C(C)(C)C)cc1OC2(C)C. The number of phenols is 1. The summed E-state index contributed by atoms with van der Waals surface area (Å²) in [6.07, 6.45) is 3.02. The van der Waals surface area contributed by atoms with Crippen molar-refractivity contribution in [1.29, 1.82) is 0 Å². The van der Waals surface area contributed by atoms with E-state index in [4.69, 9.17) is 4.74 Å². The fourth-order valence-electron chi connectivity index (χ4n) is 4.30. The van der Waals surface area contributed by atoms with Crippen LogP contribution in [0.25, 0.3) is 0 Å². The normalized spacial score (nSPS) is 26.1. The molecule has 2 atom stereocenters. The predicted octanol–water partition coefficient (Wildman–Crippen LogP) is 4.37. The molecule has 1 aliphatic carbocycles. The zero-order chi connectivity index (χ0) is 19.4. The lowest BCUT2D eigenvalue weighted by Crippen LogP contribution is -2.47. The standard InChI is InChI=1S/C22H31NO3/c1-21(2,3)14-9-18(25)20-15-11-17(24)13(12-23(6)7)8-16(15)22(4,5)26-19(20)10-14/h9-10,12,15-16,25H,8,11H2,1-7H3/b13-12-. The molecular weight excluding hydrogens is 326 g/mol. The Kier molecular flexibility index (Phi) is 4.37. The molecule has 2 unspecified atom stereocenters. The number of aromatic hydroxyl groups is 1. The first-order chi connectivity index (χ1) is 11.9. The summed E-state index contributed by atoms with van der Waals surface area (Å²) in [7, 11) is 3.87. The molecule has 1 N–H and O–H groups in total. The third kappa shape index (κ3) is 3.22. The summed E-state index contributed by atoms with van der Waals surface area (Å²) in [6.45, 7) is 10.5. The molecule has 2 aliphatic rings. The van der Waals surface area contributed by atoms with Gasteiger partial charge < -0.3 is 14.7 Å². The lowest BCUT2D eigenvalue weighted by Gasteiger charge is -2.48. The third-order valence-electron chi connectivity index (χ3n) is 5.73. The van der Waals surface area contributed by atoms with Crippen molar-refractivity contribution in [1.82, 2.24) is 4.90 Å². The molecule has 1 aromatic rings. The van der Waals surface area contributed by atoms with Gasteiger partial charge in [0.15, 0.2) is 5.78 Å². The Morgan fingerprint density at radius 2 is 1.88 bits per heavy atom. The summed E-state index contributed by atoms with van der Waals surface area (Å²) >= 11 is 0. The van der Waals surface area contributed by atoms with Crippen molar-refractivity contribution in [3.05, 3.63) is 35.0 Å². The van der Waals surface area contributed by atoms with E-state index >= 15 is 0 Å². The second-order valence-electron chi connectivity index (χ2n) is 9.53. The van der Waals surface area contributed by atoms with Crippen LogP contribution in [0.15, 0.2) is 23.9 Å². The smallest absolute Gasteiger partial charge is 0.160 e. The maximum absolute atomic E-state index is 12.7. The maximum atomic E-state index is 12.7. The van der Waals surface area contributed by atoms with Crippen LogP contribution in [0.1, 0.15) is 64.5 Å². The molecule has 0 saturated heterocycles. The highest BCUT2D eigenvalue weighted by molar-refractivity contribution is 5.97. The van der Waals surface area contributed by atoms with Crippen LogP contribution in [-0.2, 0) is 10.2 Å². The number of hydrogen-bond acceptors (Lipinski definition) is 4. The first kappa shape index (κ1) is 18.8. The predicted molar refractivity (Wildman–Crippen MR) is 104 cm³/mol. The number of benzene rings is 1. The Bertz CT molecular complexity index is 768. The van der Waals surface area contributed by atoms with E-state index in [-0.39, 0.29) is 28.8 Å². The van der Waals surface area contributed by atoms with Gasteiger partial charge in [-0.2, -0.15) is 0 Å². The molecule has 0 aromatic heterocycles. The van der Waals surface area contributed by atoms with Crippen molar-refractivity contribution in [2.24, 2.45) is 5.92 Å². The lowest BCUT2D eigenvalue weighted by molar-refractivity contribution is -0.119. The first-order valence-electron chi connectivity index (χ1n) is 9.37. The number of allylic oxidation sites excluding steroid dienone is 1. The largest absolute Gasteiger partial charge is 0.508 e. The quantitative estimate of drug-likeness (QED) is 0.758. The van der Waals surface area contributed by atoms with Gasteiger partial charge in [-0.25, -0.2) is 0 Å². The zero-order valence-corrected chi connectivity index (χ0v) is 17.0. The van der Waals surface area contributed by atoms with Crippen LogP contribution < -0.4 is 4.74 Å². The van der Waals surface area contributed by atoms with Gasteiger partial charge in [0.1, 0.15) is 17.1 Å². The van der Waals surface area contributed by atoms with E-state index in [9.17, 15) is 9.90 Å². The Morgan fingerprint density at radius 1 is 1.23 bits per heavy atom. The van der Waals surface area contributed by atoms with Gasteiger partial charge in [0, 0.05) is 49.7 Å². The molecule has 0 amide bonds. The average Bonchev–Trinajstić information content (AvgIpc) is 2.46. The maximum Gasteiger partial charge on any atom is 0.160 e. The van der Waals surface area contributed by atoms with E-state index in [2.05, 4.69) is 34.6 Å². The molecule has 1 aliphatic heterocycles. The van der Waals surface area contributed by atoms with Crippen LogP contribution in [0, 0.1) is 5.92 Å². The minimum absolute atomic E-state index is 0.00502. The second kappa shape index (κ2) is 6.04. The Hall–Kier alpha value is -1.97. The van der Waals surface area contributed by atoms with Crippen molar-refractivity contribution < 1.29 is 14.6 Å². The number of carbonyl (C=O) groups is 1. The molecule has 1 heterocycles. The highest BCUT2D eigenvalue weighted by Gasteiger charge is 2.49. The molecule has 1 fully saturated rings. The van der Waals surface area contributed by atoms with Gasteiger partial charge in [0.25, 0.3) is 0 Å². The van der Waals surface area contributed by atoms with E-state index in [0.29, 0.717) is 12.8 Å². The highest BCUT2D eigenvalue weighted by atomic mass is 16.5. The third-order valence-corrected chi connectivity index (χ3v) is 5.73. The number of phenolic OH excluding ortho intramolecular Hbond substituents is 1. The molecule has 0 bridgehead atoms. The molecule has 3 rings (SSSR count). The second-order valence-corrected chi connectivity index (χ2v) is 9.53. The fraction of sp³-hybridized carbons (Fsp3) is 0.591. The van der Waals surface area contributed by atoms with Crippen molar-refractivity contribution in [3.63, 3.8) is 0 Å². The topological polar surface area (TPSA) is 49.8 Å². The number of Topliss-reactive ketones (excluding diaryl/α,β-unsaturated/α-hetero) is 1. The van der Waals surface area contributed by atoms with Crippen molar-refractivity contribution >= 4 is 5.78 Å². The van der Waals surface area contributed by atoms with Gasteiger partial charge in [-0.1, -0.05) is 20.8 Å². The Labute approximate surface area is 156 Å². The van der Waals surface area contributed by atoms with Crippen LogP contribution in [0.2, 0.25) is 0 Å². The van der Waals surface area contributed by atoms with E-state index in [1.807, 2.05) is 37.3 Å². The van der Waals surface area contributed by atoms with Gasteiger partial charge in [-0.15, -0.1) is 0 Å². The highest BCUT2D eigenvalue weighted by Crippen LogP contribution is 2.55. The number of ether oxygens (including phenoxy) is 1. The van der Waals surface area contributed by atoms with Crippen LogP contribution >= 0.6 is 0 Å². The van der Waals surface area contributed by atoms with Crippen LogP contribution in [-0.4, -0.2) is 35.5 Å². The summed E-state index contributed by atoms with van der Waals surface area (Å²) in [4.78, 5) is 14.6. The summed E-state index contributed by atoms with van der Waals surface area (Å²) < 4.78 is 6.38. The minimum Gasteiger partial charge on any atom is -0.508 e. The fourth-order valence-corrected chi connectivity index (χ4v) is 4.30. The monoisotopic (exact) mass is 357 g/mol. The number of fused-ring (bicyclic) bond motifs is 3. The molecular formula is C22H31NO3. The number of ketones is 1. The van der Waals surface area contributed by atoms with Crippen LogP contribution in [0.5, 0.6) is 11.5 Å². The minimum atomic E-state index is -0.396. The van der Waals surface area contributed by atoms with Crippen molar-refractivity contribution in [3.8, 4) is 11.5 Å². The van der Waals surface area contributed by atoms with Crippen LogP contribution in [0.3, 0.4) is 0 Å². The molecule has 1 saturated carbocycles. The van der Waals surface area contributed by atoms with Crippen molar-refractivity contribution in [2.45, 2.75) is 64.4 Å². The van der Waals surface area contributed by atoms with E-state index in [1.54, 1.807) is 0 Å². The molecule has 142 valence electrons. The molecule has 1 aromatic carbocycles. The van der Waals surface area contributed by atoms with Gasteiger partial charge in [0.2, 0.25) is 0 Å².